The largest absolute Gasteiger partial charge is 0.310 e. The number of pyridine rings is 1. The molecule has 0 radical (unpaired) electrons. The standard InChI is InChI=1S/C28H29N5/c1-4-26-32-27-18(2)15-19(3)31-28(27)33(26)17-20-10-12-21(13-11-20)22-7-5-8-23(24(22)16-29)25-9-6-14-30-25/h5,7-8,10-13,15,25,30H,4,6,9,14,17H2,1-3H3. The van der Waals surface area contributed by atoms with E-state index in [2.05, 4.69) is 78.3 Å². The molecule has 0 bridgehead atoms. The number of hydrogen-bond donors (Lipinski definition) is 1. The van der Waals surface area contributed by atoms with Gasteiger partial charge < -0.3 is 9.88 Å². The van der Waals surface area contributed by atoms with Gasteiger partial charge >= 0.3 is 0 Å². The lowest BCUT2D eigenvalue weighted by Gasteiger charge is -2.16. The first-order valence-electron chi connectivity index (χ1n) is 11.8. The molecule has 2 aromatic carbocycles. The van der Waals surface area contributed by atoms with E-state index in [4.69, 9.17) is 9.97 Å². The van der Waals surface area contributed by atoms with Gasteiger partial charge in [-0.2, -0.15) is 5.26 Å². The first kappa shape index (κ1) is 21.4. The fourth-order valence-corrected chi connectivity index (χ4v) is 5.03. The lowest BCUT2D eigenvalue weighted by molar-refractivity contribution is 0.646. The predicted octanol–water partition coefficient (Wildman–Crippen LogP) is 5.62. The Morgan fingerprint density at radius 1 is 1.12 bits per heavy atom. The van der Waals surface area contributed by atoms with Crippen molar-refractivity contribution in [3.63, 3.8) is 0 Å². The van der Waals surface area contributed by atoms with Crippen molar-refractivity contribution in [3.8, 4) is 17.2 Å². The third-order valence-electron chi connectivity index (χ3n) is 6.67. The van der Waals surface area contributed by atoms with Crippen LogP contribution in [-0.2, 0) is 13.0 Å². The van der Waals surface area contributed by atoms with Crippen LogP contribution in [0.1, 0.15) is 59.6 Å². The fourth-order valence-electron chi connectivity index (χ4n) is 5.03. The second-order valence-electron chi connectivity index (χ2n) is 8.95. The van der Waals surface area contributed by atoms with E-state index < -0.39 is 0 Å². The lowest BCUT2D eigenvalue weighted by Crippen LogP contribution is -2.14. The summed E-state index contributed by atoms with van der Waals surface area (Å²) in [5, 5.41) is 13.5. The van der Waals surface area contributed by atoms with Gasteiger partial charge in [0.25, 0.3) is 0 Å². The molecular weight excluding hydrogens is 406 g/mol. The minimum atomic E-state index is 0.278. The highest BCUT2D eigenvalue weighted by Crippen LogP contribution is 2.32. The van der Waals surface area contributed by atoms with Crippen molar-refractivity contribution in [2.75, 3.05) is 6.54 Å². The number of nitrogens with one attached hydrogen (secondary N) is 1. The van der Waals surface area contributed by atoms with Crippen molar-refractivity contribution in [2.45, 2.75) is 52.6 Å². The van der Waals surface area contributed by atoms with E-state index in [1.54, 1.807) is 0 Å². The summed E-state index contributed by atoms with van der Waals surface area (Å²) >= 11 is 0. The zero-order chi connectivity index (χ0) is 22.9. The van der Waals surface area contributed by atoms with Crippen LogP contribution in [0.2, 0.25) is 0 Å². The Labute approximate surface area is 195 Å². The van der Waals surface area contributed by atoms with Crippen molar-refractivity contribution >= 4 is 11.2 Å². The summed E-state index contributed by atoms with van der Waals surface area (Å²) in [5.74, 6) is 1.05. The molecule has 166 valence electrons. The minimum absolute atomic E-state index is 0.278. The number of benzene rings is 2. The number of hydrogen-bond acceptors (Lipinski definition) is 4. The predicted molar refractivity (Wildman–Crippen MR) is 132 cm³/mol. The highest BCUT2D eigenvalue weighted by atomic mass is 15.1. The van der Waals surface area contributed by atoms with E-state index in [1.807, 2.05) is 6.92 Å². The van der Waals surface area contributed by atoms with Crippen LogP contribution in [0.15, 0.2) is 48.5 Å². The second kappa shape index (κ2) is 8.80. The molecule has 1 fully saturated rings. The maximum atomic E-state index is 9.95. The number of rotatable bonds is 5. The minimum Gasteiger partial charge on any atom is -0.310 e. The first-order chi connectivity index (χ1) is 16.1. The van der Waals surface area contributed by atoms with Gasteiger partial charge in [-0.15, -0.1) is 0 Å². The molecule has 33 heavy (non-hydrogen) atoms. The maximum Gasteiger partial charge on any atom is 0.160 e. The molecule has 1 aliphatic rings. The Kier molecular flexibility index (Phi) is 5.70. The average molecular weight is 436 g/mol. The smallest absolute Gasteiger partial charge is 0.160 e. The Balaban J connectivity index is 1.49. The number of aromatic nitrogens is 3. The number of fused-ring (bicyclic) bond motifs is 1. The molecule has 5 rings (SSSR count). The van der Waals surface area contributed by atoms with Gasteiger partial charge in [-0.05, 0) is 67.1 Å². The van der Waals surface area contributed by atoms with E-state index in [0.717, 1.165) is 77.3 Å². The van der Waals surface area contributed by atoms with Crippen molar-refractivity contribution < 1.29 is 0 Å². The maximum absolute atomic E-state index is 9.95. The molecule has 3 heterocycles. The average Bonchev–Trinajstić information content (AvgIpc) is 3.48. The van der Waals surface area contributed by atoms with Gasteiger partial charge in [-0.3, -0.25) is 0 Å². The monoisotopic (exact) mass is 435 g/mol. The molecule has 0 spiro atoms. The highest BCUT2D eigenvalue weighted by Gasteiger charge is 2.21. The Bertz CT molecular complexity index is 1350. The molecule has 1 unspecified atom stereocenters. The fraction of sp³-hybridized carbons (Fsp3) is 0.321. The van der Waals surface area contributed by atoms with Crippen molar-refractivity contribution in [1.29, 1.82) is 5.26 Å². The summed E-state index contributed by atoms with van der Waals surface area (Å²) in [7, 11) is 0. The van der Waals surface area contributed by atoms with Crippen LogP contribution in [0, 0.1) is 25.2 Å². The van der Waals surface area contributed by atoms with Crippen LogP contribution in [0.25, 0.3) is 22.3 Å². The third kappa shape index (κ3) is 3.92. The number of nitriles is 1. The van der Waals surface area contributed by atoms with Gasteiger partial charge in [-0.1, -0.05) is 49.4 Å². The van der Waals surface area contributed by atoms with Crippen LogP contribution in [-0.4, -0.2) is 21.1 Å². The van der Waals surface area contributed by atoms with E-state index in [1.165, 1.54) is 11.1 Å². The van der Waals surface area contributed by atoms with Gasteiger partial charge in [0.1, 0.15) is 17.4 Å². The van der Waals surface area contributed by atoms with Gasteiger partial charge in [0.05, 0.1) is 12.1 Å². The molecule has 1 atom stereocenters. The molecule has 0 saturated carbocycles. The molecule has 1 N–H and O–H groups in total. The van der Waals surface area contributed by atoms with E-state index >= 15 is 0 Å². The topological polar surface area (TPSA) is 66.5 Å². The van der Waals surface area contributed by atoms with Gasteiger partial charge in [0.15, 0.2) is 5.65 Å². The third-order valence-corrected chi connectivity index (χ3v) is 6.67. The summed E-state index contributed by atoms with van der Waals surface area (Å²) in [6.45, 7) is 8.02. The summed E-state index contributed by atoms with van der Waals surface area (Å²) in [5.41, 5.74) is 9.31. The highest BCUT2D eigenvalue weighted by molar-refractivity contribution is 5.76. The molecule has 5 heteroatoms. The number of imidazole rings is 1. The van der Waals surface area contributed by atoms with Crippen molar-refractivity contribution in [3.05, 3.63) is 82.3 Å². The molecule has 1 aliphatic heterocycles. The Hall–Kier alpha value is -3.49. The molecule has 2 aromatic heterocycles. The SMILES string of the molecule is CCc1nc2c(C)cc(C)nc2n1Cc1ccc(-c2cccc(C3CCCN3)c2C#N)cc1. The zero-order valence-electron chi connectivity index (χ0n) is 19.5. The van der Waals surface area contributed by atoms with Crippen LogP contribution in [0.5, 0.6) is 0 Å². The number of nitrogens with zero attached hydrogens (tertiary/aromatic N) is 4. The van der Waals surface area contributed by atoms with Crippen LogP contribution in [0.3, 0.4) is 0 Å². The molecule has 1 saturated heterocycles. The molecule has 0 amide bonds. The van der Waals surface area contributed by atoms with Crippen molar-refractivity contribution in [2.24, 2.45) is 0 Å². The lowest BCUT2D eigenvalue weighted by atomic mass is 9.92. The van der Waals surface area contributed by atoms with Crippen molar-refractivity contribution in [1.82, 2.24) is 19.9 Å². The summed E-state index contributed by atoms with van der Waals surface area (Å²) < 4.78 is 2.23. The zero-order valence-corrected chi connectivity index (χ0v) is 19.5. The van der Waals surface area contributed by atoms with Gasteiger partial charge in [0.2, 0.25) is 0 Å². The van der Waals surface area contributed by atoms with Gasteiger partial charge in [-0.25, -0.2) is 9.97 Å². The number of aryl methyl sites for hydroxylation is 3. The molecule has 5 nitrogen and oxygen atoms in total. The molecule has 4 aromatic rings. The molecule has 0 aliphatic carbocycles. The quantitative estimate of drug-likeness (QED) is 0.442. The van der Waals surface area contributed by atoms with Crippen LogP contribution < -0.4 is 5.32 Å². The van der Waals surface area contributed by atoms with E-state index in [-0.39, 0.29) is 6.04 Å². The Morgan fingerprint density at radius 3 is 2.64 bits per heavy atom. The molecular formula is C28H29N5. The summed E-state index contributed by atoms with van der Waals surface area (Å²) in [6, 6.07) is 19.6. The van der Waals surface area contributed by atoms with Crippen LogP contribution in [0.4, 0.5) is 0 Å². The second-order valence-corrected chi connectivity index (χ2v) is 8.95. The first-order valence-corrected chi connectivity index (χ1v) is 11.8. The van der Waals surface area contributed by atoms with Crippen LogP contribution >= 0.6 is 0 Å². The summed E-state index contributed by atoms with van der Waals surface area (Å²) in [4.78, 5) is 9.66. The normalized spacial score (nSPS) is 15.8. The van der Waals surface area contributed by atoms with Gasteiger partial charge in [0, 0.05) is 18.2 Å². The Morgan fingerprint density at radius 2 is 1.94 bits per heavy atom. The van der Waals surface area contributed by atoms with E-state index in [9.17, 15) is 5.26 Å². The van der Waals surface area contributed by atoms with E-state index in [0.29, 0.717) is 0 Å². The summed E-state index contributed by atoms with van der Waals surface area (Å²) in [6.07, 6.45) is 3.11.